The summed E-state index contributed by atoms with van der Waals surface area (Å²) in [7, 11) is 3.44. The molecule has 0 amide bonds. The third-order valence-electron chi connectivity index (χ3n) is 3.66. The summed E-state index contributed by atoms with van der Waals surface area (Å²) in [6.07, 6.45) is 0. The van der Waals surface area contributed by atoms with E-state index in [1.807, 2.05) is 36.2 Å². The summed E-state index contributed by atoms with van der Waals surface area (Å²) in [4.78, 5) is 10.5. The molecule has 0 spiro atoms. The normalized spacial score (nSPS) is 10.8. The van der Waals surface area contributed by atoms with E-state index in [2.05, 4.69) is 9.97 Å². The lowest BCUT2D eigenvalue weighted by Gasteiger charge is -2.21. The first-order valence-corrected chi connectivity index (χ1v) is 7.17. The monoisotopic (exact) mass is 312 g/mol. The van der Waals surface area contributed by atoms with Crippen molar-refractivity contribution < 1.29 is 9.13 Å². The SMILES string of the molecule is COc1ccc(N(C)c2nc(CN)nc3cccc(F)c23)cc1. The zero-order valence-electron chi connectivity index (χ0n) is 13.0. The van der Waals surface area contributed by atoms with Gasteiger partial charge in [-0.15, -0.1) is 0 Å². The standard InChI is InChI=1S/C17H17FN4O/c1-22(11-6-8-12(23-2)9-7-11)17-16-13(18)4-3-5-14(16)20-15(10-19)21-17/h3-9H,10,19H2,1-2H3. The minimum absolute atomic E-state index is 0.190. The molecule has 0 unspecified atom stereocenters. The highest BCUT2D eigenvalue weighted by molar-refractivity contribution is 5.92. The van der Waals surface area contributed by atoms with Gasteiger partial charge in [-0.05, 0) is 36.4 Å². The van der Waals surface area contributed by atoms with Gasteiger partial charge in [0.1, 0.15) is 23.2 Å². The fourth-order valence-electron chi connectivity index (χ4n) is 2.43. The van der Waals surface area contributed by atoms with Crippen molar-refractivity contribution in [2.75, 3.05) is 19.1 Å². The molecule has 1 heterocycles. The van der Waals surface area contributed by atoms with Crippen LogP contribution in [0.1, 0.15) is 5.82 Å². The van der Waals surface area contributed by atoms with Crippen molar-refractivity contribution in [3.63, 3.8) is 0 Å². The maximum Gasteiger partial charge on any atom is 0.147 e. The number of rotatable bonds is 4. The largest absolute Gasteiger partial charge is 0.497 e. The summed E-state index contributed by atoms with van der Waals surface area (Å²) >= 11 is 0. The minimum Gasteiger partial charge on any atom is -0.497 e. The van der Waals surface area contributed by atoms with Crippen LogP contribution in [-0.4, -0.2) is 24.1 Å². The Hall–Kier alpha value is -2.73. The van der Waals surface area contributed by atoms with E-state index in [1.54, 1.807) is 19.2 Å². The Balaban J connectivity index is 2.16. The van der Waals surface area contributed by atoms with E-state index in [0.717, 1.165) is 11.4 Å². The summed E-state index contributed by atoms with van der Waals surface area (Å²) in [5, 5.41) is 0.378. The topological polar surface area (TPSA) is 64.3 Å². The Morgan fingerprint density at radius 1 is 1.13 bits per heavy atom. The molecule has 3 aromatic rings. The first kappa shape index (κ1) is 15.2. The fourth-order valence-corrected chi connectivity index (χ4v) is 2.43. The van der Waals surface area contributed by atoms with Crippen LogP contribution in [0, 0.1) is 5.82 Å². The molecule has 0 aliphatic carbocycles. The van der Waals surface area contributed by atoms with Crippen LogP contribution in [0.15, 0.2) is 42.5 Å². The van der Waals surface area contributed by atoms with Crippen LogP contribution in [0.3, 0.4) is 0 Å². The zero-order valence-corrected chi connectivity index (χ0v) is 13.0. The van der Waals surface area contributed by atoms with Gasteiger partial charge in [-0.3, -0.25) is 0 Å². The van der Waals surface area contributed by atoms with Gasteiger partial charge < -0.3 is 15.4 Å². The van der Waals surface area contributed by atoms with Crippen molar-refractivity contribution in [3.8, 4) is 5.75 Å². The lowest BCUT2D eigenvalue weighted by atomic mass is 10.2. The Kier molecular flexibility index (Phi) is 4.08. The summed E-state index contributed by atoms with van der Waals surface area (Å²) in [6.45, 7) is 0.190. The van der Waals surface area contributed by atoms with Crippen molar-refractivity contribution in [2.24, 2.45) is 5.73 Å². The van der Waals surface area contributed by atoms with Crippen LogP contribution in [0.2, 0.25) is 0 Å². The highest BCUT2D eigenvalue weighted by Gasteiger charge is 2.16. The number of fused-ring (bicyclic) bond motifs is 1. The molecule has 2 aromatic carbocycles. The smallest absolute Gasteiger partial charge is 0.147 e. The van der Waals surface area contributed by atoms with Crippen LogP contribution in [0.5, 0.6) is 5.75 Å². The number of methoxy groups -OCH3 is 1. The van der Waals surface area contributed by atoms with Crippen molar-refractivity contribution in [2.45, 2.75) is 6.54 Å². The number of anilines is 2. The van der Waals surface area contributed by atoms with Crippen LogP contribution >= 0.6 is 0 Å². The number of hydrogen-bond acceptors (Lipinski definition) is 5. The van der Waals surface area contributed by atoms with E-state index in [4.69, 9.17) is 10.5 Å². The molecule has 2 N–H and O–H groups in total. The molecule has 6 heteroatoms. The van der Waals surface area contributed by atoms with Gasteiger partial charge in [0.15, 0.2) is 0 Å². The van der Waals surface area contributed by atoms with E-state index in [1.165, 1.54) is 6.07 Å². The summed E-state index contributed by atoms with van der Waals surface area (Å²) in [6, 6.07) is 12.2. The van der Waals surface area contributed by atoms with Gasteiger partial charge in [0, 0.05) is 12.7 Å². The molecule has 0 bridgehead atoms. The first-order chi connectivity index (χ1) is 11.1. The molecular weight excluding hydrogens is 295 g/mol. The average Bonchev–Trinajstić information content (AvgIpc) is 2.60. The fraction of sp³-hybridized carbons (Fsp3) is 0.176. The molecule has 0 radical (unpaired) electrons. The number of nitrogens with two attached hydrogens (primary N) is 1. The van der Waals surface area contributed by atoms with E-state index >= 15 is 0 Å². The van der Waals surface area contributed by atoms with Gasteiger partial charge in [0.05, 0.1) is 24.6 Å². The predicted molar refractivity (Wildman–Crippen MR) is 88.4 cm³/mol. The third-order valence-corrected chi connectivity index (χ3v) is 3.66. The van der Waals surface area contributed by atoms with Crippen LogP contribution in [0.4, 0.5) is 15.9 Å². The highest BCUT2D eigenvalue weighted by atomic mass is 19.1. The van der Waals surface area contributed by atoms with Crippen molar-refractivity contribution in [3.05, 3.63) is 54.1 Å². The summed E-state index contributed by atoms with van der Waals surface area (Å²) in [5.41, 5.74) is 7.07. The lowest BCUT2D eigenvalue weighted by Crippen LogP contribution is -2.15. The number of halogens is 1. The van der Waals surface area contributed by atoms with Crippen LogP contribution in [-0.2, 0) is 6.54 Å². The van der Waals surface area contributed by atoms with E-state index < -0.39 is 0 Å². The molecule has 118 valence electrons. The first-order valence-electron chi connectivity index (χ1n) is 7.17. The van der Waals surface area contributed by atoms with E-state index in [0.29, 0.717) is 22.5 Å². The molecule has 0 saturated carbocycles. The Morgan fingerprint density at radius 2 is 1.87 bits per heavy atom. The minimum atomic E-state index is -0.360. The Morgan fingerprint density at radius 3 is 2.52 bits per heavy atom. The van der Waals surface area contributed by atoms with Crippen molar-refractivity contribution in [1.29, 1.82) is 0 Å². The number of ether oxygens (including phenoxy) is 1. The molecule has 0 saturated heterocycles. The van der Waals surface area contributed by atoms with Gasteiger partial charge in [-0.1, -0.05) is 6.07 Å². The average molecular weight is 312 g/mol. The van der Waals surface area contributed by atoms with Gasteiger partial charge in [-0.2, -0.15) is 0 Å². The second-order valence-corrected chi connectivity index (χ2v) is 5.06. The van der Waals surface area contributed by atoms with Gasteiger partial charge in [0.25, 0.3) is 0 Å². The van der Waals surface area contributed by atoms with E-state index in [9.17, 15) is 4.39 Å². The molecule has 23 heavy (non-hydrogen) atoms. The zero-order chi connectivity index (χ0) is 16.4. The lowest BCUT2D eigenvalue weighted by molar-refractivity contribution is 0.415. The number of benzene rings is 2. The maximum atomic E-state index is 14.3. The second kappa shape index (κ2) is 6.18. The van der Waals surface area contributed by atoms with Crippen molar-refractivity contribution >= 4 is 22.4 Å². The third kappa shape index (κ3) is 2.80. The van der Waals surface area contributed by atoms with Crippen LogP contribution < -0.4 is 15.4 Å². The molecule has 0 aliphatic heterocycles. The summed E-state index contributed by atoms with van der Waals surface area (Å²) < 4.78 is 19.5. The predicted octanol–water partition coefficient (Wildman–Crippen LogP) is 3.00. The molecule has 5 nitrogen and oxygen atoms in total. The maximum absolute atomic E-state index is 14.3. The molecule has 0 fully saturated rings. The molecular formula is C17H17FN4O. The quantitative estimate of drug-likeness (QED) is 0.802. The van der Waals surface area contributed by atoms with Gasteiger partial charge >= 0.3 is 0 Å². The number of aromatic nitrogens is 2. The van der Waals surface area contributed by atoms with Crippen molar-refractivity contribution in [1.82, 2.24) is 9.97 Å². The Labute approximate surface area is 133 Å². The van der Waals surface area contributed by atoms with Gasteiger partial charge in [-0.25, -0.2) is 14.4 Å². The molecule has 0 atom stereocenters. The molecule has 3 rings (SSSR count). The summed E-state index contributed by atoms with van der Waals surface area (Å²) in [5.74, 6) is 1.35. The molecule has 1 aromatic heterocycles. The number of hydrogen-bond donors (Lipinski definition) is 1. The second-order valence-electron chi connectivity index (χ2n) is 5.06. The Bertz CT molecular complexity index is 836. The number of nitrogens with zero attached hydrogens (tertiary/aromatic N) is 3. The van der Waals surface area contributed by atoms with Crippen LogP contribution in [0.25, 0.3) is 10.9 Å². The highest BCUT2D eigenvalue weighted by Crippen LogP contribution is 2.31. The van der Waals surface area contributed by atoms with Gasteiger partial charge in [0.2, 0.25) is 0 Å². The van der Waals surface area contributed by atoms with E-state index in [-0.39, 0.29) is 12.4 Å². The molecule has 0 aliphatic rings.